The zero-order chi connectivity index (χ0) is 24.3. The lowest BCUT2D eigenvalue weighted by molar-refractivity contribution is -0.120. The van der Waals surface area contributed by atoms with Gasteiger partial charge in [0.15, 0.2) is 5.16 Å². The quantitative estimate of drug-likeness (QED) is 0.261. The van der Waals surface area contributed by atoms with Gasteiger partial charge in [0.2, 0.25) is 17.7 Å². The molecule has 0 aliphatic heterocycles. The van der Waals surface area contributed by atoms with Gasteiger partial charge < -0.3 is 20.9 Å². The van der Waals surface area contributed by atoms with Crippen LogP contribution in [0.3, 0.4) is 0 Å². The van der Waals surface area contributed by atoms with Crippen molar-refractivity contribution in [2.45, 2.75) is 24.9 Å². The van der Waals surface area contributed by atoms with Gasteiger partial charge in [-0.3, -0.25) is 19.2 Å². The molecular formula is C24H25N5O4S. The lowest BCUT2D eigenvalue weighted by Crippen LogP contribution is -2.28. The van der Waals surface area contributed by atoms with E-state index in [0.717, 1.165) is 17.3 Å². The van der Waals surface area contributed by atoms with E-state index in [-0.39, 0.29) is 35.1 Å². The molecule has 1 aromatic heterocycles. The monoisotopic (exact) mass is 479 g/mol. The average Bonchev–Trinajstić information content (AvgIpc) is 2.78. The maximum atomic E-state index is 12.3. The number of aromatic nitrogens is 2. The molecule has 0 aliphatic rings. The molecule has 3 aromatic rings. The summed E-state index contributed by atoms with van der Waals surface area (Å²) in [4.78, 5) is 54.5. The first-order valence-electron chi connectivity index (χ1n) is 10.6. The first kappa shape index (κ1) is 24.7. The molecule has 0 saturated carbocycles. The molecule has 10 heteroatoms. The SMILES string of the molecule is CC(=O)Nc1cccc(NC(=O)CSc2nc(CC(=O)NCCc3ccccc3)cc(=O)[nH]2)c1. The Morgan fingerprint density at radius 2 is 1.68 bits per heavy atom. The fourth-order valence-corrected chi connectivity index (χ4v) is 3.76. The normalized spacial score (nSPS) is 10.4. The van der Waals surface area contributed by atoms with Gasteiger partial charge in [-0.2, -0.15) is 0 Å². The summed E-state index contributed by atoms with van der Waals surface area (Å²) in [5.74, 6) is -0.752. The molecule has 4 N–H and O–H groups in total. The highest BCUT2D eigenvalue weighted by Gasteiger charge is 2.10. The second kappa shape index (κ2) is 12.4. The molecule has 0 radical (unpaired) electrons. The highest BCUT2D eigenvalue weighted by molar-refractivity contribution is 7.99. The molecule has 3 rings (SSSR count). The topological polar surface area (TPSA) is 133 Å². The van der Waals surface area contributed by atoms with Crippen molar-refractivity contribution in [3.05, 3.63) is 82.3 Å². The van der Waals surface area contributed by atoms with E-state index in [0.29, 0.717) is 30.0 Å². The number of aromatic amines is 1. The number of hydrogen-bond donors (Lipinski definition) is 4. The van der Waals surface area contributed by atoms with Crippen molar-refractivity contribution in [3.63, 3.8) is 0 Å². The minimum atomic E-state index is -0.395. The van der Waals surface area contributed by atoms with Gasteiger partial charge in [0.05, 0.1) is 17.9 Å². The summed E-state index contributed by atoms with van der Waals surface area (Å²) >= 11 is 1.05. The van der Waals surface area contributed by atoms with Crippen molar-refractivity contribution < 1.29 is 14.4 Å². The van der Waals surface area contributed by atoms with Crippen molar-refractivity contribution in [3.8, 4) is 0 Å². The molecule has 0 spiro atoms. The van der Waals surface area contributed by atoms with E-state index in [4.69, 9.17) is 0 Å². The maximum absolute atomic E-state index is 12.3. The standard InChI is InChI=1S/C24H25N5O4S/c1-16(30)26-18-8-5-9-19(12-18)27-23(33)15-34-24-28-20(14-22(32)29-24)13-21(31)25-11-10-17-6-3-2-4-7-17/h2-9,12,14H,10-11,13,15H2,1H3,(H,25,31)(H,26,30)(H,27,33)(H,28,29,32). The van der Waals surface area contributed by atoms with Crippen LogP contribution < -0.4 is 21.5 Å². The smallest absolute Gasteiger partial charge is 0.251 e. The number of carbonyl (C=O) groups is 3. The van der Waals surface area contributed by atoms with Gasteiger partial charge >= 0.3 is 0 Å². The van der Waals surface area contributed by atoms with Crippen LogP contribution >= 0.6 is 11.8 Å². The van der Waals surface area contributed by atoms with E-state index in [2.05, 4.69) is 25.9 Å². The molecule has 176 valence electrons. The molecule has 9 nitrogen and oxygen atoms in total. The summed E-state index contributed by atoms with van der Waals surface area (Å²) in [6.07, 6.45) is 0.674. The Kier molecular flexibility index (Phi) is 8.98. The van der Waals surface area contributed by atoms with E-state index >= 15 is 0 Å². The number of hydrogen-bond acceptors (Lipinski definition) is 6. The van der Waals surface area contributed by atoms with Crippen molar-refractivity contribution >= 4 is 40.9 Å². The number of anilines is 2. The van der Waals surface area contributed by atoms with Crippen molar-refractivity contribution in [1.29, 1.82) is 0 Å². The summed E-state index contributed by atoms with van der Waals surface area (Å²) in [5.41, 5.74) is 2.15. The lowest BCUT2D eigenvalue weighted by Gasteiger charge is -2.08. The van der Waals surface area contributed by atoms with E-state index in [1.165, 1.54) is 13.0 Å². The number of nitrogens with zero attached hydrogens (tertiary/aromatic N) is 1. The molecule has 0 saturated heterocycles. The molecule has 2 aromatic carbocycles. The first-order chi connectivity index (χ1) is 16.4. The molecule has 1 heterocycles. The minimum absolute atomic E-state index is 0.0000297. The molecule has 3 amide bonds. The zero-order valence-corrected chi connectivity index (χ0v) is 19.4. The van der Waals surface area contributed by atoms with Crippen LogP contribution in [0.5, 0.6) is 0 Å². The Bertz CT molecular complexity index is 1210. The number of H-pyrrole nitrogens is 1. The lowest BCUT2D eigenvalue weighted by atomic mass is 10.1. The predicted octanol–water partition coefficient (Wildman–Crippen LogP) is 2.36. The number of rotatable bonds is 10. The van der Waals surface area contributed by atoms with Crippen LogP contribution in [0.2, 0.25) is 0 Å². The van der Waals surface area contributed by atoms with Crippen molar-refractivity contribution in [1.82, 2.24) is 15.3 Å². The van der Waals surface area contributed by atoms with E-state index in [9.17, 15) is 19.2 Å². The predicted molar refractivity (Wildman–Crippen MR) is 132 cm³/mol. The third kappa shape index (κ3) is 8.55. The van der Waals surface area contributed by atoms with Crippen LogP contribution in [0.1, 0.15) is 18.2 Å². The van der Waals surface area contributed by atoms with Gasteiger partial charge in [0.25, 0.3) is 5.56 Å². The third-order valence-corrected chi connectivity index (χ3v) is 5.37. The molecule has 0 fully saturated rings. The first-order valence-corrected chi connectivity index (χ1v) is 11.6. The van der Waals surface area contributed by atoms with E-state index in [1.54, 1.807) is 24.3 Å². The minimum Gasteiger partial charge on any atom is -0.355 e. The second-order valence-corrected chi connectivity index (χ2v) is 8.37. The van der Waals surface area contributed by atoms with Gasteiger partial charge in [-0.15, -0.1) is 0 Å². The Labute approximate surface area is 200 Å². The Morgan fingerprint density at radius 1 is 0.941 bits per heavy atom. The fraction of sp³-hybridized carbons (Fsp3) is 0.208. The van der Waals surface area contributed by atoms with Gasteiger partial charge in [-0.05, 0) is 30.2 Å². The number of carbonyl (C=O) groups excluding carboxylic acids is 3. The molecule has 0 aliphatic carbocycles. The van der Waals surface area contributed by atoms with Gasteiger partial charge in [-0.1, -0.05) is 48.2 Å². The van der Waals surface area contributed by atoms with Crippen LogP contribution in [0.25, 0.3) is 0 Å². The van der Waals surface area contributed by atoms with Gasteiger partial charge in [0.1, 0.15) is 0 Å². The largest absolute Gasteiger partial charge is 0.355 e. The fourth-order valence-electron chi connectivity index (χ4n) is 3.07. The van der Waals surface area contributed by atoms with Crippen LogP contribution in [-0.2, 0) is 27.2 Å². The number of thioether (sulfide) groups is 1. The third-order valence-electron chi connectivity index (χ3n) is 4.50. The number of amides is 3. The molecule has 0 bridgehead atoms. The Hall–Kier alpha value is -3.92. The summed E-state index contributed by atoms with van der Waals surface area (Å²) < 4.78 is 0. The van der Waals surface area contributed by atoms with E-state index < -0.39 is 5.56 Å². The summed E-state index contributed by atoms with van der Waals surface area (Å²) in [6, 6.07) is 17.8. The highest BCUT2D eigenvalue weighted by atomic mass is 32.2. The van der Waals surface area contributed by atoms with Crippen LogP contribution in [-0.4, -0.2) is 40.0 Å². The highest BCUT2D eigenvalue weighted by Crippen LogP contribution is 2.17. The Morgan fingerprint density at radius 3 is 2.41 bits per heavy atom. The number of benzene rings is 2. The Balaban J connectivity index is 1.49. The molecule has 0 unspecified atom stereocenters. The average molecular weight is 480 g/mol. The zero-order valence-electron chi connectivity index (χ0n) is 18.6. The number of nitrogens with one attached hydrogen (secondary N) is 4. The summed E-state index contributed by atoms with van der Waals surface area (Å²) in [5, 5.41) is 8.45. The van der Waals surface area contributed by atoms with Gasteiger partial charge in [-0.25, -0.2) is 4.98 Å². The van der Waals surface area contributed by atoms with Gasteiger partial charge in [0, 0.05) is 30.9 Å². The van der Waals surface area contributed by atoms with E-state index in [1.807, 2.05) is 30.3 Å². The second-order valence-electron chi connectivity index (χ2n) is 7.40. The summed E-state index contributed by atoms with van der Waals surface area (Å²) in [7, 11) is 0. The van der Waals surface area contributed by atoms with Crippen molar-refractivity contribution in [2.75, 3.05) is 22.9 Å². The van der Waals surface area contributed by atoms with Crippen LogP contribution in [0.15, 0.2) is 70.6 Å². The summed E-state index contributed by atoms with van der Waals surface area (Å²) in [6.45, 7) is 1.88. The maximum Gasteiger partial charge on any atom is 0.251 e. The van der Waals surface area contributed by atoms with Crippen molar-refractivity contribution in [2.24, 2.45) is 0 Å². The molecular weight excluding hydrogens is 454 g/mol. The molecule has 0 atom stereocenters. The van der Waals surface area contributed by atoms with Crippen LogP contribution in [0, 0.1) is 0 Å². The van der Waals surface area contributed by atoms with Crippen LogP contribution in [0.4, 0.5) is 11.4 Å². The molecule has 34 heavy (non-hydrogen) atoms.